The van der Waals surface area contributed by atoms with Crippen LogP contribution in [0, 0.1) is 5.92 Å². The topological polar surface area (TPSA) is 27.7 Å². The fourth-order valence-corrected chi connectivity index (χ4v) is 3.14. The smallest absolute Gasteiger partial charge is 0.196 e. The van der Waals surface area contributed by atoms with Crippen LogP contribution in [-0.2, 0) is 14.2 Å². The first-order chi connectivity index (χ1) is 12.5. The minimum Gasteiger partial charge on any atom is -0.498 e. The molecule has 0 aromatic heterocycles. The van der Waals surface area contributed by atoms with Crippen molar-refractivity contribution in [1.29, 1.82) is 0 Å². The Kier molecular flexibility index (Phi) is 7.88. The first-order valence-corrected chi connectivity index (χ1v) is 9.37. The van der Waals surface area contributed by atoms with Gasteiger partial charge in [-0.2, -0.15) is 0 Å². The van der Waals surface area contributed by atoms with Gasteiger partial charge in [-0.15, -0.1) is 0 Å². The number of ether oxygens (including phenoxy) is 3. The van der Waals surface area contributed by atoms with Crippen molar-refractivity contribution < 1.29 is 23.0 Å². The van der Waals surface area contributed by atoms with Gasteiger partial charge in [0.25, 0.3) is 0 Å². The van der Waals surface area contributed by atoms with E-state index in [4.69, 9.17) is 14.2 Å². The van der Waals surface area contributed by atoms with Crippen LogP contribution in [0.5, 0.6) is 0 Å². The minimum atomic E-state index is -0.945. The van der Waals surface area contributed by atoms with Crippen molar-refractivity contribution in [2.24, 2.45) is 5.92 Å². The van der Waals surface area contributed by atoms with Crippen LogP contribution < -0.4 is 0 Å². The first-order valence-electron chi connectivity index (χ1n) is 9.37. The molecule has 0 aromatic rings. The van der Waals surface area contributed by atoms with Gasteiger partial charge in [-0.05, 0) is 56.8 Å². The predicted octanol–water partition coefficient (Wildman–Crippen LogP) is 5.90. The second-order valence-electron chi connectivity index (χ2n) is 6.96. The second kappa shape index (κ2) is 9.91. The lowest BCUT2D eigenvalue weighted by molar-refractivity contribution is -0.0356. The molecule has 0 spiro atoms. The Morgan fingerprint density at radius 1 is 1.15 bits per heavy atom. The predicted molar refractivity (Wildman–Crippen MR) is 98.7 cm³/mol. The van der Waals surface area contributed by atoms with Crippen LogP contribution in [-0.4, -0.2) is 26.4 Å². The molecule has 0 bridgehead atoms. The van der Waals surface area contributed by atoms with Crippen LogP contribution in [0.3, 0.4) is 0 Å². The van der Waals surface area contributed by atoms with Gasteiger partial charge in [-0.1, -0.05) is 13.0 Å². The van der Waals surface area contributed by atoms with Gasteiger partial charge in [0.1, 0.15) is 5.76 Å². The summed E-state index contributed by atoms with van der Waals surface area (Å²) < 4.78 is 44.6. The molecule has 1 aliphatic heterocycles. The zero-order chi connectivity index (χ0) is 19.1. The SMILES string of the molecule is CCC1CCC(COC2=CC=C(/C(C)=C(F)/C(F)=C(\C)OC)CC2)CO1. The summed E-state index contributed by atoms with van der Waals surface area (Å²) in [5.41, 5.74) is 1.08. The van der Waals surface area contributed by atoms with E-state index in [1.54, 1.807) is 6.92 Å². The quantitative estimate of drug-likeness (QED) is 0.413. The van der Waals surface area contributed by atoms with E-state index in [9.17, 15) is 8.78 Å². The number of hydrogen-bond acceptors (Lipinski definition) is 3. The van der Waals surface area contributed by atoms with Crippen molar-refractivity contribution >= 4 is 0 Å². The van der Waals surface area contributed by atoms with Crippen molar-refractivity contribution in [3.8, 4) is 0 Å². The molecule has 0 radical (unpaired) electrons. The Labute approximate surface area is 155 Å². The van der Waals surface area contributed by atoms with Crippen molar-refractivity contribution in [1.82, 2.24) is 0 Å². The van der Waals surface area contributed by atoms with Crippen molar-refractivity contribution in [2.45, 2.75) is 59.0 Å². The van der Waals surface area contributed by atoms with Crippen LogP contribution in [0.4, 0.5) is 8.78 Å². The highest BCUT2D eigenvalue weighted by molar-refractivity contribution is 5.42. The first kappa shape index (κ1) is 20.7. The molecule has 0 N–H and O–H groups in total. The van der Waals surface area contributed by atoms with Gasteiger partial charge in [0, 0.05) is 12.3 Å². The molecule has 3 nitrogen and oxygen atoms in total. The van der Waals surface area contributed by atoms with E-state index >= 15 is 0 Å². The van der Waals surface area contributed by atoms with Gasteiger partial charge in [0.2, 0.25) is 0 Å². The maximum Gasteiger partial charge on any atom is 0.196 e. The average Bonchev–Trinajstić information content (AvgIpc) is 2.70. The molecular formula is C21H30F2O3. The van der Waals surface area contributed by atoms with Crippen LogP contribution >= 0.6 is 0 Å². The molecule has 1 heterocycles. The number of allylic oxidation sites excluding steroid dienone is 8. The third kappa shape index (κ3) is 5.44. The molecule has 0 aromatic carbocycles. The molecule has 2 rings (SSSR count). The molecule has 2 aliphatic rings. The van der Waals surface area contributed by atoms with Crippen LogP contribution in [0.15, 0.2) is 46.5 Å². The average molecular weight is 368 g/mol. The van der Waals surface area contributed by atoms with E-state index in [-0.39, 0.29) is 5.76 Å². The molecular weight excluding hydrogens is 338 g/mol. The summed E-state index contributed by atoms with van der Waals surface area (Å²) >= 11 is 0. The van der Waals surface area contributed by atoms with Crippen LogP contribution in [0.2, 0.25) is 0 Å². The molecule has 1 saturated heterocycles. The summed E-state index contributed by atoms with van der Waals surface area (Å²) in [6.07, 6.45) is 8.68. The van der Waals surface area contributed by atoms with E-state index in [0.717, 1.165) is 37.2 Å². The Morgan fingerprint density at radius 3 is 2.46 bits per heavy atom. The van der Waals surface area contributed by atoms with Gasteiger partial charge in [-0.3, -0.25) is 0 Å². The molecule has 146 valence electrons. The second-order valence-corrected chi connectivity index (χ2v) is 6.96. The van der Waals surface area contributed by atoms with Gasteiger partial charge in [-0.25, -0.2) is 8.78 Å². The monoisotopic (exact) mass is 368 g/mol. The van der Waals surface area contributed by atoms with Gasteiger partial charge in [0.05, 0.1) is 32.2 Å². The summed E-state index contributed by atoms with van der Waals surface area (Å²) in [7, 11) is 1.32. The van der Waals surface area contributed by atoms with Crippen molar-refractivity contribution in [2.75, 3.05) is 20.3 Å². The Balaban J connectivity index is 1.92. The lowest BCUT2D eigenvalue weighted by Gasteiger charge is -2.29. The normalized spacial score (nSPS) is 25.6. The van der Waals surface area contributed by atoms with E-state index in [1.165, 1.54) is 14.0 Å². The van der Waals surface area contributed by atoms with E-state index in [2.05, 4.69) is 6.92 Å². The van der Waals surface area contributed by atoms with Crippen molar-refractivity contribution in [3.63, 3.8) is 0 Å². The number of rotatable bonds is 7. The highest BCUT2D eigenvalue weighted by Gasteiger charge is 2.22. The molecule has 2 atom stereocenters. The zero-order valence-corrected chi connectivity index (χ0v) is 16.2. The fourth-order valence-electron chi connectivity index (χ4n) is 3.14. The van der Waals surface area contributed by atoms with Gasteiger partial charge in [0.15, 0.2) is 11.7 Å². The summed E-state index contributed by atoms with van der Waals surface area (Å²) in [5.74, 6) is -0.543. The Morgan fingerprint density at radius 2 is 1.92 bits per heavy atom. The zero-order valence-electron chi connectivity index (χ0n) is 16.2. The van der Waals surface area contributed by atoms with E-state index < -0.39 is 11.7 Å². The number of halogens is 2. The lowest BCUT2D eigenvalue weighted by atomic mass is 9.96. The molecule has 0 saturated carbocycles. The van der Waals surface area contributed by atoms with E-state index in [1.807, 2.05) is 12.2 Å². The summed E-state index contributed by atoms with van der Waals surface area (Å²) in [4.78, 5) is 0. The molecule has 2 unspecified atom stereocenters. The minimum absolute atomic E-state index is 0.0576. The largest absolute Gasteiger partial charge is 0.498 e. The van der Waals surface area contributed by atoms with Crippen molar-refractivity contribution in [3.05, 3.63) is 46.5 Å². The molecule has 1 aliphatic carbocycles. The number of hydrogen-bond donors (Lipinski definition) is 0. The third-order valence-corrected chi connectivity index (χ3v) is 5.15. The van der Waals surface area contributed by atoms with E-state index in [0.29, 0.717) is 37.0 Å². The van der Waals surface area contributed by atoms with Gasteiger partial charge < -0.3 is 14.2 Å². The number of methoxy groups -OCH3 is 1. The third-order valence-electron chi connectivity index (χ3n) is 5.15. The molecule has 0 amide bonds. The Hall–Kier alpha value is -1.62. The van der Waals surface area contributed by atoms with Crippen LogP contribution in [0.25, 0.3) is 0 Å². The lowest BCUT2D eigenvalue weighted by Crippen LogP contribution is -2.28. The van der Waals surface area contributed by atoms with Gasteiger partial charge >= 0.3 is 0 Å². The molecule has 26 heavy (non-hydrogen) atoms. The maximum absolute atomic E-state index is 14.2. The highest BCUT2D eigenvalue weighted by Crippen LogP contribution is 2.31. The fraction of sp³-hybridized carbons (Fsp3) is 0.619. The molecule has 5 heteroatoms. The molecule has 1 fully saturated rings. The Bertz CT molecular complexity index is 609. The summed E-state index contributed by atoms with van der Waals surface area (Å²) in [5, 5.41) is 0. The summed E-state index contributed by atoms with van der Waals surface area (Å²) in [6, 6.07) is 0. The standard InChI is InChI=1S/C21H30F2O3/c1-5-18-9-6-16(12-25-18)13-26-19-10-7-17(8-11-19)14(2)20(22)21(23)15(3)24-4/h7,10,16,18H,5-6,8-9,11-13H2,1-4H3/b20-14-,21-15-. The highest BCUT2D eigenvalue weighted by atomic mass is 19.2. The van der Waals surface area contributed by atoms with Crippen LogP contribution in [0.1, 0.15) is 52.9 Å². The summed E-state index contributed by atoms with van der Waals surface area (Å²) in [6.45, 7) is 6.55. The maximum atomic E-state index is 14.2.